The Bertz CT molecular complexity index is 964. The highest BCUT2D eigenvalue weighted by Gasteiger charge is 2.38. The molecule has 0 aromatic heterocycles. The van der Waals surface area contributed by atoms with Crippen molar-refractivity contribution in [2.24, 2.45) is 5.92 Å². The number of benzene rings is 2. The molecule has 7 heteroatoms. The van der Waals surface area contributed by atoms with Crippen LogP contribution in [0.1, 0.15) is 12.8 Å². The van der Waals surface area contributed by atoms with Gasteiger partial charge in [-0.1, -0.05) is 12.1 Å². The average molecular weight is 410 g/mol. The van der Waals surface area contributed by atoms with E-state index in [1.165, 1.54) is 0 Å². The highest BCUT2D eigenvalue weighted by atomic mass is 32.2. The molecule has 0 aliphatic carbocycles. The van der Waals surface area contributed by atoms with E-state index in [0.29, 0.717) is 37.8 Å². The predicted molar refractivity (Wildman–Crippen MR) is 112 cm³/mol. The summed E-state index contributed by atoms with van der Waals surface area (Å²) in [6.07, 6.45) is 1.18. The smallest absolute Gasteiger partial charge is 0.232 e. The van der Waals surface area contributed by atoms with Crippen LogP contribution in [0, 0.1) is 5.92 Å². The van der Waals surface area contributed by atoms with Gasteiger partial charge in [0.2, 0.25) is 11.8 Å². The van der Waals surface area contributed by atoms with E-state index >= 15 is 0 Å². The van der Waals surface area contributed by atoms with Crippen LogP contribution in [0.25, 0.3) is 0 Å². The molecule has 5 rings (SSSR count). The maximum Gasteiger partial charge on any atom is 0.232 e. The van der Waals surface area contributed by atoms with Crippen LogP contribution >= 0.6 is 11.8 Å². The van der Waals surface area contributed by atoms with Gasteiger partial charge in [-0.25, -0.2) is 0 Å². The lowest BCUT2D eigenvalue weighted by Crippen LogP contribution is -2.38. The Hall–Kier alpha value is -2.67. The van der Waals surface area contributed by atoms with E-state index in [2.05, 4.69) is 6.07 Å². The molecule has 6 nitrogen and oxygen atoms in total. The highest BCUT2D eigenvalue weighted by molar-refractivity contribution is 7.99. The van der Waals surface area contributed by atoms with Gasteiger partial charge < -0.3 is 19.3 Å². The van der Waals surface area contributed by atoms with E-state index in [0.717, 1.165) is 28.4 Å². The molecule has 0 unspecified atom stereocenters. The number of carbonyl (C=O) groups excluding carboxylic acids is 2. The average Bonchev–Trinajstić information content (AvgIpc) is 3.02. The maximum absolute atomic E-state index is 13.4. The molecule has 0 saturated carbocycles. The van der Waals surface area contributed by atoms with E-state index in [-0.39, 0.29) is 24.2 Å². The summed E-state index contributed by atoms with van der Waals surface area (Å²) in [5, 5.41) is 0. The van der Waals surface area contributed by atoms with Crippen molar-refractivity contribution in [1.82, 2.24) is 0 Å². The summed E-state index contributed by atoms with van der Waals surface area (Å²) < 4.78 is 11.2. The minimum absolute atomic E-state index is 0.0301. The molecule has 0 radical (unpaired) electrons. The Kier molecular flexibility index (Phi) is 4.83. The summed E-state index contributed by atoms with van der Waals surface area (Å²) in [4.78, 5) is 30.8. The summed E-state index contributed by atoms with van der Waals surface area (Å²) in [6.45, 7) is 2.11. The Morgan fingerprint density at radius 1 is 1.07 bits per heavy atom. The fourth-order valence-corrected chi connectivity index (χ4v) is 5.09. The van der Waals surface area contributed by atoms with Gasteiger partial charge in [-0.2, -0.15) is 0 Å². The number of hydrogen-bond acceptors (Lipinski definition) is 5. The zero-order valence-corrected chi connectivity index (χ0v) is 16.8. The number of amides is 2. The van der Waals surface area contributed by atoms with E-state index in [1.807, 2.05) is 41.3 Å². The Labute approximate surface area is 173 Å². The van der Waals surface area contributed by atoms with Gasteiger partial charge in [0.1, 0.15) is 13.2 Å². The van der Waals surface area contributed by atoms with Crippen molar-refractivity contribution in [2.45, 2.75) is 17.7 Å². The Morgan fingerprint density at radius 2 is 1.90 bits per heavy atom. The van der Waals surface area contributed by atoms with Crippen molar-refractivity contribution in [3.8, 4) is 11.5 Å². The van der Waals surface area contributed by atoms with Gasteiger partial charge in [-0.05, 0) is 36.4 Å². The number of fused-ring (bicyclic) bond motifs is 2. The van der Waals surface area contributed by atoms with E-state index in [4.69, 9.17) is 9.47 Å². The molecule has 2 aromatic carbocycles. The van der Waals surface area contributed by atoms with Crippen molar-refractivity contribution in [1.29, 1.82) is 0 Å². The zero-order valence-electron chi connectivity index (χ0n) is 16.0. The lowest BCUT2D eigenvalue weighted by atomic mass is 10.1. The first-order valence-corrected chi connectivity index (χ1v) is 10.9. The summed E-state index contributed by atoms with van der Waals surface area (Å²) in [6, 6.07) is 13.5. The van der Waals surface area contributed by atoms with Crippen molar-refractivity contribution >= 4 is 35.0 Å². The number of anilines is 2. The summed E-state index contributed by atoms with van der Waals surface area (Å²) in [5.74, 6) is 2.00. The lowest BCUT2D eigenvalue weighted by molar-refractivity contribution is -0.124. The van der Waals surface area contributed by atoms with E-state index in [1.54, 1.807) is 16.7 Å². The molecule has 3 aliphatic rings. The third kappa shape index (κ3) is 3.44. The minimum Gasteiger partial charge on any atom is -0.486 e. The molecule has 1 saturated heterocycles. The number of nitrogens with zero attached hydrogens (tertiary/aromatic N) is 2. The molecule has 2 aromatic rings. The predicted octanol–water partition coefficient (Wildman–Crippen LogP) is 3.34. The standard InChI is InChI=1S/C22H22N2O4S/c25-21-12-15(14-24(21)16-6-7-18-19(13-16)28-10-9-27-18)22(26)23-8-3-11-29-20-5-2-1-4-17(20)23/h1-2,4-7,13,15H,3,8-12,14H2/t15-/m1/s1. The number of hydrogen-bond donors (Lipinski definition) is 0. The molecule has 2 amide bonds. The third-order valence-corrected chi connectivity index (χ3v) is 6.67. The van der Waals surface area contributed by atoms with Crippen LogP contribution in [0.4, 0.5) is 11.4 Å². The first-order chi connectivity index (χ1) is 14.2. The van der Waals surface area contributed by atoms with Crippen LogP contribution in [-0.2, 0) is 9.59 Å². The molecule has 1 atom stereocenters. The van der Waals surface area contributed by atoms with Crippen LogP contribution in [0.2, 0.25) is 0 Å². The van der Waals surface area contributed by atoms with E-state index in [9.17, 15) is 9.59 Å². The molecular weight excluding hydrogens is 388 g/mol. The fraction of sp³-hybridized carbons (Fsp3) is 0.364. The second-order valence-electron chi connectivity index (χ2n) is 7.39. The van der Waals surface area contributed by atoms with Crippen molar-refractivity contribution in [3.05, 3.63) is 42.5 Å². The Balaban J connectivity index is 1.37. The first-order valence-electron chi connectivity index (χ1n) is 9.94. The Morgan fingerprint density at radius 3 is 2.79 bits per heavy atom. The van der Waals surface area contributed by atoms with Gasteiger partial charge in [-0.3, -0.25) is 9.59 Å². The zero-order chi connectivity index (χ0) is 19.8. The van der Waals surface area contributed by atoms with Gasteiger partial charge >= 0.3 is 0 Å². The fourth-order valence-electron chi connectivity index (χ4n) is 4.10. The first kappa shape index (κ1) is 18.4. The van der Waals surface area contributed by atoms with Crippen LogP contribution in [-0.4, -0.2) is 43.9 Å². The molecule has 0 bridgehead atoms. The number of para-hydroxylation sites is 1. The van der Waals surface area contributed by atoms with Gasteiger partial charge in [0, 0.05) is 36.2 Å². The monoisotopic (exact) mass is 410 g/mol. The molecule has 3 aliphatic heterocycles. The van der Waals surface area contributed by atoms with Crippen LogP contribution < -0.4 is 19.3 Å². The van der Waals surface area contributed by atoms with Gasteiger partial charge in [0.25, 0.3) is 0 Å². The largest absolute Gasteiger partial charge is 0.486 e. The molecule has 29 heavy (non-hydrogen) atoms. The highest BCUT2D eigenvalue weighted by Crippen LogP contribution is 2.38. The second-order valence-corrected chi connectivity index (χ2v) is 8.53. The maximum atomic E-state index is 13.4. The number of thioether (sulfide) groups is 1. The lowest BCUT2D eigenvalue weighted by Gasteiger charge is -2.26. The van der Waals surface area contributed by atoms with Gasteiger partial charge in [-0.15, -0.1) is 11.8 Å². The number of ether oxygens (including phenoxy) is 2. The van der Waals surface area contributed by atoms with Crippen LogP contribution in [0.3, 0.4) is 0 Å². The van der Waals surface area contributed by atoms with Crippen LogP contribution in [0.15, 0.2) is 47.4 Å². The SMILES string of the molecule is O=C1C[C@@H](C(=O)N2CCCSc3ccccc32)CN1c1ccc2c(c1)OCCO2. The minimum atomic E-state index is -0.341. The molecule has 0 N–H and O–H groups in total. The summed E-state index contributed by atoms with van der Waals surface area (Å²) in [7, 11) is 0. The van der Waals surface area contributed by atoms with Crippen molar-refractivity contribution in [2.75, 3.05) is 41.9 Å². The second kappa shape index (κ2) is 7.63. The summed E-state index contributed by atoms with van der Waals surface area (Å²) in [5.41, 5.74) is 1.71. The molecule has 3 heterocycles. The van der Waals surface area contributed by atoms with Crippen molar-refractivity contribution in [3.63, 3.8) is 0 Å². The number of carbonyl (C=O) groups is 2. The molecule has 0 spiro atoms. The van der Waals surface area contributed by atoms with Crippen molar-refractivity contribution < 1.29 is 19.1 Å². The topological polar surface area (TPSA) is 59.1 Å². The quantitative estimate of drug-likeness (QED) is 0.760. The molecular formula is C22H22N2O4S. The normalized spacial score (nSPS) is 21.0. The molecule has 150 valence electrons. The molecule has 1 fully saturated rings. The van der Waals surface area contributed by atoms with Crippen LogP contribution in [0.5, 0.6) is 11.5 Å². The van der Waals surface area contributed by atoms with E-state index < -0.39 is 0 Å². The van der Waals surface area contributed by atoms with Gasteiger partial charge in [0.05, 0.1) is 11.6 Å². The number of rotatable bonds is 2. The summed E-state index contributed by atoms with van der Waals surface area (Å²) >= 11 is 1.79. The third-order valence-electron chi connectivity index (χ3n) is 5.52. The van der Waals surface area contributed by atoms with Gasteiger partial charge in [0.15, 0.2) is 11.5 Å².